The molecule has 0 aliphatic heterocycles. The number of benzene rings is 1. The predicted molar refractivity (Wildman–Crippen MR) is 79.9 cm³/mol. The minimum Gasteiger partial charge on any atom is -0.339 e. The summed E-state index contributed by atoms with van der Waals surface area (Å²) in [4.78, 5) is 16.6. The van der Waals surface area contributed by atoms with E-state index in [4.69, 9.17) is 4.52 Å². The molecule has 1 aromatic carbocycles. The molecule has 0 bridgehead atoms. The fraction of sp³-hybridized carbons (Fsp3) is 0.400. The Balaban J connectivity index is 2.02. The lowest BCUT2D eigenvalue weighted by atomic mass is 9.99. The van der Waals surface area contributed by atoms with E-state index in [0.29, 0.717) is 17.3 Å². The van der Waals surface area contributed by atoms with Crippen LogP contribution in [0.25, 0.3) is 0 Å². The highest BCUT2D eigenvalue weighted by atomic mass is 32.2. The SMILES string of the molecule is CCCSCc1noc(C(C)C(=O)c2ccccc2)n1. The van der Waals surface area contributed by atoms with Crippen LogP contribution in [0.2, 0.25) is 0 Å². The van der Waals surface area contributed by atoms with Crippen LogP contribution in [0.5, 0.6) is 0 Å². The fourth-order valence-corrected chi connectivity index (χ4v) is 2.51. The van der Waals surface area contributed by atoms with Gasteiger partial charge in [0.25, 0.3) is 0 Å². The van der Waals surface area contributed by atoms with Gasteiger partial charge in [-0.3, -0.25) is 4.79 Å². The lowest BCUT2D eigenvalue weighted by Gasteiger charge is -2.04. The molecule has 106 valence electrons. The van der Waals surface area contributed by atoms with Crippen molar-refractivity contribution in [2.45, 2.75) is 31.9 Å². The smallest absolute Gasteiger partial charge is 0.237 e. The summed E-state index contributed by atoms with van der Waals surface area (Å²) in [6.07, 6.45) is 1.12. The molecule has 0 fully saturated rings. The van der Waals surface area contributed by atoms with Gasteiger partial charge in [-0.15, -0.1) is 0 Å². The van der Waals surface area contributed by atoms with Crippen LogP contribution < -0.4 is 0 Å². The number of hydrogen-bond acceptors (Lipinski definition) is 5. The van der Waals surface area contributed by atoms with Gasteiger partial charge in [0, 0.05) is 5.56 Å². The molecule has 5 heteroatoms. The van der Waals surface area contributed by atoms with Gasteiger partial charge in [-0.25, -0.2) is 0 Å². The predicted octanol–water partition coefficient (Wildman–Crippen LogP) is 3.70. The summed E-state index contributed by atoms with van der Waals surface area (Å²) in [7, 11) is 0. The molecule has 0 N–H and O–H groups in total. The molecule has 2 rings (SSSR count). The molecule has 0 aliphatic rings. The van der Waals surface area contributed by atoms with Gasteiger partial charge in [0.05, 0.1) is 11.7 Å². The molecule has 4 nitrogen and oxygen atoms in total. The molecule has 20 heavy (non-hydrogen) atoms. The third kappa shape index (κ3) is 3.70. The first kappa shape index (κ1) is 14.8. The number of hydrogen-bond donors (Lipinski definition) is 0. The quantitative estimate of drug-likeness (QED) is 0.575. The average Bonchev–Trinajstić information content (AvgIpc) is 2.96. The number of nitrogens with zero attached hydrogens (tertiary/aromatic N) is 2. The van der Waals surface area contributed by atoms with Gasteiger partial charge in [-0.05, 0) is 19.1 Å². The molecule has 1 heterocycles. The number of Topliss-reactive ketones (excluding diaryl/α,β-unsaturated/α-hetero) is 1. The molecule has 1 aromatic heterocycles. The second kappa shape index (κ2) is 7.24. The largest absolute Gasteiger partial charge is 0.339 e. The van der Waals surface area contributed by atoms with Gasteiger partial charge in [0.1, 0.15) is 0 Å². The van der Waals surface area contributed by atoms with Crippen molar-refractivity contribution in [1.82, 2.24) is 10.1 Å². The van der Waals surface area contributed by atoms with Gasteiger partial charge in [-0.1, -0.05) is 42.4 Å². The topological polar surface area (TPSA) is 56.0 Å². The molecular formula is C15H18N2O2S. The van der Waals surface area contributed by atoms with Gasteiger partial charge in [0.15, 0.2) is 11.6 Å². The summed E-state index contributed by atoms with van der Waals surface area (Å²) in [5.41, 5.74) is 0.667. The highest BCUT2D eigenvalue weighted by Gasteiger charge is 2.22. The monoisotopic (exact) mass is 290 g/mol. The van der Waals surface area contributed by atoms with Crippen molar-refractivity contribution in [2.24, 2.45) is 0 Å². The fourth-order valence-electron chi connectivity index (χ4n) is 1.77. The molecule has 0 aliphatic carbocycles. The number of thioether (sulfide) groups is 1. The maximum atomic E-state index is 12.3. The van der Waals surface area contributed by atoms with Gasteiger partial charge < -0.3 is 4.52 Å². The zero-order valence-electron chi connectivity index (χ0n) is 11.7. The zero-order chi connectivity index (χ0) is 14.4. The molecule has 1 unspecified atom stereocenters. The number of aromatic nitrogens is 2. The maximum Gasteiger partial charge on any atom is 0.237 e. The number of ketones is 1. The Hall–Kier alpha value is -1.62. The van der Waals surface area contributed by atoms with E-state index in [1.807, 2.05) is 18.2 Å². The summed E-state index contributed by atoms with van der Waals surface area (Å²) in [6.45, 7) is 3.93. The van der Waals surface area contributed by atoms with Crippen LogP contribution in [0, 0.1) is 0 Å². The zero-order valence-corrected chi connectivity index (χ0v) is 12.5. The minimum absolute atomic E-state index is 0.00186. The number of carbonyl (C=O) groups is 1. The van der Waals surface area contributed by atoms with Crippen LogP contribution in [0.1, 0.15) is 48.3 Å². The van der Waals surface area contributed by atoms with Crippen LogP contribution in [-0.4, -0.2) is 21.7 Å². The van der Waals surface area contributed by atoms with Crippen LogP contribution in [0.3, 0.4) is 0 Å². The average molecular weight is 290 g/mol. The maximum absolute atomic E-state index is 12.3. The van der Waals surface area contributed by atoms with E-state index in [1.165, 1.54) is 0 Å². The Kier molecular flexibility index (Phi) is 5.35. The van der Waals surface area contributed by atoms with Crippen molar-refractivity contribution in [3.8, 4) is 0 Å². The van der Waals surface area contributed by atoms with Crippen LogP contribution in [0.15, 0.2) is 34.9 Å². The Morgan fingerprint density at radius 1 is 1.35 bits per heavy atom. The van der Waals surface area contributed by atoms with Gasteiger partial charge in [-0.2, -0.15) is 16.7 Å². The van der Waals surface area contributed by atoms with Crippen LogP contribution >= 0.6 is 11.8 Å². The summed E-state index contributed by atoms with van der Waals surface area (Å²) >= 11 is 1.77. The summed E-state index contributed by atoms with van der Waals surface area (Å²) in [6, 6.07) is 9.18. The van der Waals surface area contributed by atoms with Crippen molar-refractivity contribution in [1.29, 1.82) is 0 Å². The van der Waals surface area contributed by atoms with Crippen molar-refractivity contribution in [3.05, 3.63) is 47.6 Å². The first-order chi connectivity index (χ1) is 9.72. The third-order valence-electron chi connectivity index (χ3n) is 2.89. The van der Waals surface area contributed by atoms with Crippen LogP contribution in [0.4, 0.5) is 0 Å². The van der Waals surface area contributed by atoms with E-state index in [-0.39, 0.29) is 5.78 Å². The van der Waals surface area contributed by atoms with E-state index in [0.717, 1.165) is 17.9 Å². The second-order valence-electron chi connectivity index (χ2n) is 4.55. The van der Waals surface area contributed by atoms with Gasteiger partial charge in [0.2, 0.25) is 5.89 Å². The highest BCUT2D eigenvalue weighted by molar-refractivity contribution is 7.98. The summed E-state index contributed by atoms with van der Waals surface area (Å²) in [5.74, 6) is 2.44. The standard InChI is InChI=1S/C15H18N2O2S/c1-3-9-20-10-13-16-15(19-17-13)11(2)14(18)12-7-5-4-6-8-12/h4-8,11H,3,9-10H2,1-2H3. The minimum atomic E-state index is -0.408. The van der Waals surface area contributed by atoms with Crippen LogP contribution in [-0.2, 0) is 5.75 Å². The normalized spacial score (nSPS) is 12.3. The number of rotatable bonds is 7. The van der Waals surface area contributed by atoms with E-state index in [1.54, 1.807) is 30.8 Å². The molecule has 1 atom stereocenters. The lowest BCUT2D eigenvalue weighted by Crippen LogP contribution is -2.09. The molecule has 2 aromatic rings. The molecule has 0 radical (unpaired) electrons. The van der Waals surface area contributed by atoms with Gasteiger partial charge >= 0.3 is 0 Å². The van der Waals surface area contributed by atoms with Crippen molar-refractivity contribution >= 4 is 17.5 Å². The Morgan fingerprint density at radius 3 is 2.80 bits per heavy atom. The molecule has 0 spiro atoms. The Bertz CT molecular complexity index is 554. The number of carbonyl (C=O) groups excluding carboxylic acids is 1. The molecule has 0 amide bonds. The third-order valence-corrected chi connectivity index (χ3v) is 4.04. The van der Waals surface area contributed by atoms with Crippen molar-refractivity contribution < 1.29 is 9.32 Å². The first-order valence-corrected chi connectivity index (χ1v) is 7.87. The summed E-state index contributed by atoms with van der Waals surface area (Å²) in [5, 5.41) is 3.93. The van der Waals surface area contributed by atoms with E-state index in [9.17, 15) is 4.79 Å². The van der Waals surface area contributed by atoms with Crippen molar-refractivity contribution in [2.75, 3.05) is 5.75 Å². The highest BCUT2D eigenvalue weighted by Crippen LogP contribution is 2.20. The van der Waals surface area contributed by atoms with E-state index < -0.39 is 5.92 Å². The Labute approximate surface area is 123 Å². The molecule has 0 saturated carbocycles. The summed E-state index contributed by atoms with van der Waals surface area (Å²) < 4.78 is 5.20. The first-order valence-electron chi connectivity index (χ1n) is 6.72. The van der Waals surface area contributed by atoms with E-state index >= 15 is 0 Å². The van der Waals surface area contributed by atoms with E-state index in [2.05, 4.69) is 17.1 Å². The molecular weight excluding hydrogens is 272 g/mol. The Morgan fingerprint density at radius 2 is 2.10 bits per heavy atom. The van der Waals surface area contributed by atoms with Crippen molar-refractivity contribution in [3.63, 3.8) is 0 Å². The second-order valence-corrected chi connectivity index (χ2v) is 5.66. The lowest BCUT2D eigenvalue weighted by molar-refractivity contribution is 0.0951. The molecule has 0 saturated heterocycles.